The van der Waals surface area contributed by atoms with Gasteiger partial charge in [0.25, 0.3) is 0 Å². The van der Waals surface area contributed by atoms with Crippen molar-refractivity contribution in [3.05, 3.63) is 0 Å². The van der Waals surface area contributed by atoms with Gasteiger partial charge in [-0.05, 0) is 30.6 Å². The van der Waals surface area contributed by atoms with E-state index in [2.05, 4.69) is 6.92 Å². The Hall–Kier alpha value is -1.06. The van der Waals surface area contributed by atoms with Gasteiger partial charge in [-0.1, -0.05) is 6.92 Å². The van der Waals surface area contributed by atoms with E-state index in [0.717, 1.165) is 19.1 Å². The van der Waals surface area contributed by atoms with Crippen molar-refractivity contribution >= 4 is 12.4 Å². The molecule has 1 aliphatic carbocycles. The van der Waals surface area contributed by atoms with Crippen molar-refractivity contribution in [3.8, 4) is 0 Å². The van der Waals surface area contributed by atoms with Crippen LogP contribution in [0.15, 0.2) is 0 Å². The summed E-state index contributed by atoms with van der Waals surface area (Å²) in [6.07, 6.45) is 1.91. The molecule has 0 aromatic carbocycles. The molecular formula is C10H15NO3. The summed E-state index contributed by atoms with van der Waals surface area (Å²) in [4.78, 5) is 23.0. The molecule has 2 rings (SSSR count). The van der Waals surface area contributed by atoms with Gasteiger partial charge in [-0.2, -0.15) is 0 Å². The third kappa shape index (κ3) is 1.29. The second kappa shape index (κ2) is 3.26. The fraction of sp³-hybridized carbons (Fsp3) is 0.800. The number of hydrogen-bond donors (Lipinski definition) is 1. The molecule has 4 atom stereocenters. The van der Waals surface area contributed by atoms with E-state index >= 15 is 0 Å². The predicted molar refractivity (Wildman–Crippen MR) is 50.0 cm³/mol. The number of carbonyl (C=O) groups is 2. The van der Waals surface area contributed by atoms with Crippen LogP contribution < -0.4 is 0 Å². The van der Waals surface area contributed by atoms with Crippen molar-refractivity contribution in [1.29, 1.82) is 0 Å². The van der Waals surface area contributed by atoms with E-state index in [9.17, 15) is 9.59 Å². The molecule has 0 aromatic rings. The number of rotatable bonds is 1. The van der Waals surface area contributed by atoms with Crippen LogP contribution in [-0.2, 0) is 4.79 Å². The predicted octanol–water partition coefficient (Wildman–Crippen LogP) is 1.21. The molecule has 4 nitrogen and oxygen atoms in total. The Morgan fingerprint density at radius 2 is 2.21 bits per heavy atom. The Balaban J connectivity index is 2.15. The van der Waals surface area contributed by atoms with Gasteiger partial charge in [0.2, 0.25) is 0 Å². The lowest BCUT2D eigenvalue weighted by Gasteiger charge is -2.20. The minimum Gasteiger partial charge on any atom is -0.465 e. The number of likely N-dealkylation sites (tertiary alicyclic amines) is 1. The highest BCUT2D eigenvalue weighted by atomic mass is 16.4. The molecular weight excluding hydrogens is 182 g/mol. The molecule has 2 fully saturated rings. The van der Waals surface area contributed by atoms with E-state index in [-0.39, 0.29) is 12.0 Å². The normalized spacial score (nSPS) is 41.1. The van der Waals surface area contributed by atoms with Crippen LogP contribution >= 0.6 is 0 Å². The molecule has 1 N–H and O–H groups in total. The Morgan fingerprint density at radius 1 is 1.50 bits per heavy atom. The van der Waals surface area contributed by atoms with Crippen molar-refractivity contribution in [2.45, 2.75) is 25.8 Å². The molecule has 1 heterocycles. The first-order valence-electron chi connectivity index (χ1n) is 5.08. The summed E-state index contributed by atoms with van der Waals surface area (Å²) in [5.74, 6) is 1.33. The average Bonchev–Trinajstić information content (AvgIpc) is 2.59. The van der Waals surface area contributed by atoms with Crippen LogP contribution in [-0.4, -0.2) is 35.0 Å². The Bertz CT molecular complexity index is 266. The fourth-order valence-electron chi connectivity index (χ4n) is 3.06. The Kier molecular flexibility index (Phi) is 2.21. The number of aldehydes is 1. The van der Waals surface area contributed by atoms with Gasteiger partial charge >= 0.3 is 6.09 Å². The van der Waals surface area contributed by atoms with Crippen LogP contribution in [0.25, 0.3) is 0 Å². The summed E-state index contributed by atoms with van der Waals surface area (Å²) in [5.41, 5.74) is 0. The van der Waals surface area contributed by atoms with E-state index < -0.39 is 6.09 Å². The first kappa shape index (κ1) is 9.49. The van der Waals surface area contributed by atoms with E-state index in [1.807, 2.05) is 0 Å². The van der Waals surface area contributed by atoms with Crippen LogP contribution in [0.1, 0.15) is 19.8 Å². The van der Waals surface area contributed by atoms with Crippen LogP contribution in [0.3, 0.4) is 0 Å². The van der Waals surface area contributed by atoms with Gasteiger partial charge < -0.3 is 9.90 Å². The summed E-state index contributed by atoms with van der Waals surface area (Å²) in [5, 5.41) is 8.90. The van der Waals surface area contributed by atoms with E-state index in [1.54, 1.807) is 0 Å². The molecule has 4 heteroatoms. The standard InChI is InChI=1S/C10H15NO3/c1-6-2-7-4-11(10(13)14)9(5-12)8(7)3-6/h5-9H,2-4H2,1H3,(H,13,14)/t6?,7-,8-,9+/m0/s1. The van der Waals surface area contributed by atoms with E-state index in [0.29, 0.717) is 18.4 Å². The molecule has 0 radical (unpaired) electrons. The molecule has 1 saturated carbocycles. The van der Waals surface area contributed by atoms with E-state index in [1.165, 1.54) is 4.90 Å². The smallest absolute Gasteiger partial charge is 0.407 e. The zero-order chi connectivity index (χ0) is 10.3. The number of carboxylic acid groups (broad SMARTS) is 1. The summed E-state index contributed by atoms with van der Waals surface area (Å²) < 4.78 is 0. The molecule has 1 unspecified atom stereocenters. The first-order valence-corrected chi connectivity index (χ1v) is 5.08. The topological polar surface area (TPSA) is 57.6 Å². The monoisotopic (exact) mass is 197 g/mol. The second-order valence-electron chi connectivity index (χ2n) is 4.56. The molecule has 1 amide bonds. The Morgan fingerprint density at radius 3 is 2.79 bits per heavy atom. The van der Waals surface area contributed by atoms with Crippen molar-refractivity contribution in [3.63, 3.8) is 0 Å². The lowest BCUT2D eigenvalue weighted by molar-refractivity contribution is -0.112. The van der Waals surface area contributed by atoms with Crippen molar-refractivity contribution < 1.29 is 14.7 Å². The van der Waals surface area contributed by atoms with Crippen LogP contribution in [0.2, 0.25) is 0 Å². The van der Waals surface area contributed by atoms with Gasteiger partial charge in [0.15, 0.2) is 0 Å². The van der Waals surface area contributed by atoms with Gasteiger partial charge in [-0.3, -0.25) is 4.90 Å². The highest BCUT2D eigenvalue weighted by Gasteiger charge is 2.47. The summed E-state index contributed by atoms with van der Waals surface area (Å²) >= 11 is 0. The van der Waals surface area contributed by atoms with E-state index in [4.69, 9.17) is 5.11 Å². The van der Waals surface area contributed by atoms with Crippen LogP contribution in [0.5, 0.6) is 0 Å². The van der Waals surface area contributed by atoms with Gasteiger partial charge in [-0.15, -0.1) is 0 Å². The maximum Gasteiger partial charge on any atom is 0.407 e. The molecule has 2 aliphatic rings. The van der Waals surface area contributed by atoms with Gasteiger partial charge in [0.1, 0.15) is 6.29 Å². The van der Waals surface area contributed by atoms with Gasteiger partial charge in [-0.25, -0.2) is 4.79 Å². The number of fused-ring (bicyclic) bond motifs is 1. The SMILES string of the molecule is CC1C[C@H]2CN(C(=O)O)[C@H](C=O)[C@H]2C1. The molecule has 78 valence electrons. The highest BCUT2D eigenvalue weighted by molar-refractivity contribution is 5.73. The minimum absolute atomic E-state index is 0.276. The maximum atomic E-state index is 10.9. The summed E-state index contributed by atoms with van der Waals surface area (Å²) in [6, 6.07) is -0.387. The molecule has 1 aliphatic heterocycles. The third-order valence-corrected chi connectivity index (χ3v) is 3.60. The molecule has 0 aromatic heterocycles. The van der Waals surface area contributed by atoms with Crippen LogP contribution in [0, 0.1) is 17.8 Å². The Labute approximate surface area is 82.9 Å². The van der Waals surface area contributed by atoms with Crippen molar-refractivity contribution in [2.75, 3.05) is 6.54 Å². The summed E-state index contributed by atoms with van der Waals surface area (Å²) in [6.45, 7) is 2.72. The second-order valence-corrected chi connectivity index (χ2v) is 4.56. The number of carbonyl (C=O) groups excluding carboxylic acids is 1. The highest BCUT2D eigenvalue weighted by Crippen LogP contribution is 2.44. The molecule has 14 heavy (non-hydrogen) atoms. The van der Waals surface area contributed by atoms with Crippen molar-refractivity contribution in [1.82, 2.24) is 4.90 Å². The zero-order valence-corrected chi connectivity index (χ0v) is 8.22. The average molecular weight is 197 g/mol. The zero-order valence-electron chi connectivity index (χ0n) is 8.22. The summed E-state index contributed by atoms with van der Waals surface area (Å²) in [7, 11) is 0. The quantitative estimate of drug-likeness (QED) is 0.643. The number of nitrogens with zero attached hydrogens (tertiary/aromatic N) is 1. The molecule has 1 saturated heterocycles. The van der Waals surface area contributed by atoms with Gasteiger partial charge in [0.05, 0.1) is 6.04 Å². The lowest BCUT2D eigenvalue weighted by atomic mass is 9.95. The number of amides is 1. The van der Waals surface area contributed by atoms with Crippen LogP contribution in [0.4, 0.5) is 4.79 Å². The lowest BCUT2D eigenvalue weighted by Crippen LogP contribution is -2.38. The molecule has 0 spiro atoms. The fourth-order valence-corrected chi connectivity index (χ4v) is 3.06. The van der Waals surface area contributed by atoms with Crippen molar-refractivity contribution in [2.24, 2.45) is 17.8 Å². The number of hydrogen-bond acceptors (Lipinski definition) is 2. The van der Waals surface area contributed by atoms with Gasteiger partial charge in [0, 0.05) is 6.54 Å². The largest absolute Gasteiger partial charge is 0.465 e. The maximum absolute atomic E-state index is 10.9. The first-order chi connectivity index (χ1) is 6.63. The molecule has 0 bridgehead atoms. The third-order valence-electron chi connectivity index (χ3n) is 3.60. The minimum atomic E-state index is -0.954.